The Labute approximate surface area is 109 Å². The highest BCUT2D eigenvalue weighted by Crippen LogP contribution is 2.21. The zero-order valence-corrected chi connectivity index (χ0v) is 11.1. The number of aromatic nitrogens is 1. The number of nitrogens with one attached hydrogen (secondary N) is 1. The highest BCUT2D eigenvalue weighted by molar-refractivity contribution is 5.31. The Bertz CT molecular complexity index is 479. The van der Waals surface area contributed by atoms with Gasteiger partial charge < -0.3 is 5.32 Å². The van der Waals surface area contributed by atoms with Crippen molar-refractivity contribution in [2.45, 2.75) is 26.3 Å². The summed E-state index contributed by atoms with van der Waals surface area (Å²) in [5.74, 6) is 0. The highest BCUT2D eigenvalue weighted by Gasteiger charge is 2.12. The third-order valence-electron chi connectivity index (χ3n) is 2.99. The summed E-state index contributed by atoms with van der Waals surface area (Å²) < 4.78 is 0. The number of hydrogen-bond acceptors (Lipinski definition) is 2. The van der Waals surface area contributed by atoms with Gasteiger partial charge >= 0.3 is 0 Å². The van der Waals surface area contributed by atoms with E-state index in [1.54, 1.807) is 0 Å². The van der Waals surface area contributed by atoms with Crippen molar-refractivity contribution >= 4 is 0 Å². The molecule has 18 heavy (non-hydrogen) atoms. The molecule has 1 aromatic heterocycles. The first-order valence-electron chi connectivity index (χ1n) is 6.52. The van der Waals surface area contributed by atoms with E-state index in [2.05, 4.69) is 59.7 Å². The van der Waals surface area contributed by atoms with Crippen LogP contribution >= 0.6 is 0 Å². The molecule has 0 spiro atoms. The van der Waals surface area contributed by atoms with Crippen LogP contribution in [0.3, 0.4) is 0 Å². The van der Waals surface area contributed by atoms with Gasteiger partial charge in [-0.25, -0.2) is 0 Å². The lowest BCUT2D eigenvalue weighted by atomic mass is 9.99. The normalized spacial score (nSPS) is 12.3. The molecule has 0 aliphatic heterocycles. The van der Waals surface area contributed by atoms with E-state index in [1.165, 1.54) is 11.1 Å². The summed E-state index contributed by atoms with van der Waals surface area (Å²) in [6, 6.07) is 15.1. The van der Waals surface area contributed by atoms with Crippen molar-refractivity contribution in [3.8, 4) is 0 Å². The number of benzene rings is 1. The van der Waals surface area contributed by atoms with Crippen molar-refractivity contribution in [3.05, 3.63) is 65.5 Å². The number of pyridine rings is 1. The fourth-order valence-electron chi connectivity index (χ4n) is 2.11. The summed E-state index contributed by atoms with van der Waals surface area (Å²) in [5.41, 5.74) is 3.64. The molecule has 1 N–H and O–H groups in total. The predicted molar refractivity (Wildman–Crippen MR) is 75.6 cm³/mol. The van der Waals surface area contributed by atoms with E-state index in [0.29, 0.717) is 0 Å². The molecule has 0 saturated heterocycles. The molecule has 1 aromatic carbocycles. The van der Waals surface area contributed by atoms with Crippen LogP contribution in [0.4, 0.5) is 0 Å². The minimum Gasteiger partial charge on any atom is -0.306 e. The van der Waals surface area contributed by atoms with Gasteiger partial charge in [0, 0.05) is 11.9 Å². The molecule has 0 saturated carbocycles. The molecule has 2 nitrogen and oxygen atoms in total. The molecule has 1 heterocycles. The van der Waals surface area contributed by atoms with Gasteiger partial charge in [-0.15, -0.1) is 0 Å². The Kier molecular flexibility index (Phi) is 4.48. The van der Waals surface area contributed by atoms with E-state index in [0.717, 1.165) is 18.7 Å². The van der Waals surface area contributed by atoms with E-state index < -0.39 is 0 Å². The molecule has 0 aliphatic rings. The van der Waals surface area contributed by atoms with Crippen LogP contribution < -0.4 is 5.32 Å². The number of hydrogen-bond donors (Lipinski definition) is 1. The molecular weight excluding hydrogens is 220 g/mol. The zero-order valence-electron chi connectivity index (χ0n) is 11.1. The van der Waals surface area contributed by atoms with Gasteiger partial charge in [0.15, 0.2) is 0 Å². The molecule has 0 aliphatic carbocycles. The summed E-state index contributed by atoms with van der Waals surface area (Å²) >= 11 is 0. The summed E-state index contributed by atoms with van der Waals surface area (Å²) in [6.45, 7) is 5.24. The fourth-order valence-corrected chi connectivity index (χ4v) is 2.11. The first kappa shape index (κ1) is 12.8. The molecule has 0 fully saturated rings. The second kappa shape index (κ2) is 6.31. The summed E-state index contributed by atoms with van der Waals surface area (Å²) in [5, 5.41) is 3.60. The Balaban J connectivity index is 2.31. The summed E-state index contributed by atoms with van der Waals surface area (Å²) in [4.78, 5) is 4.27. The van der Waals surface area contributed by atoms with E-state index in [1.807, 2.05) is 13.1 Å². The van der Waals surface area contributed by atoms with Crippen molar-refractivity contribution < 1.29 is 0 Å². The van der Waals surface area contributed by atoms with Gasteiger partial charge in [0.2, 0.25) is 0 Å². The van der Waals surface area contributed by atoms with E-state index >= 15 is 0 Å². The van der Waals surface area contributed by atoms with Crippen LogP contribution in [0.25, 0.3) is 0 Å². The lowest BCUT2D eigenvalue weighted by molar-refractivity contribution is 0.597. The number of aryl methyl sites for hydroxylation is 1. The van der Waals surface area contributed by atoms with Gasteiger partial charge in [0.05, 0.1) is 6.04 Å². The van der Waals surface area contributed by atoms with Gasteiger partial charge in [0.25, 0.3) is 0 Å². The highest BCUT2D eigenvalue weighted by atomic mass is 14.9. The predicted octanol–water partition coefficient (Wildman–Crippen LogP) is 3.48. The molecule has 1 atom stereocenters. The topological polar surface area (TPSA) is 24.9 Å². The van der Waals surface area contributed by atoms with Gasteiger partial charge in [-0.1, -0.05) is 37.3 Å². The minimum atomic E-state index is 0.257. The van der Waals surface area contributed by atoms with Gasteiger partial charge in [-0.05, 0) is 43.1 Å². The Morgan fingerprint density at radius 2 is 1.89 bits per heavy atom. The molecule has 0 amide bonds. The van der Waals surface area contributed by atoms with Gasteiger partial charge in [0.1, 0.15) is 0 Å². The number of nitrogens with zero attached hydrogens (tertiary/aromatic N) is 1. The second-order valence-corrected chi connectivity index (χ2v) is 4.53. The smallest absolute Gasteiger partial charge is 0.0577 e. The average molecular weight is 240 g/mol. The lowest BCUT2D eigenvalue weighted by Gasteiger charge is -2.19. The Hall–Kier alpha value is -1.67. The van der Waals surface area contributed by atoms with Crippen molar-refractivity contribution in [2.24, 2.45) is 0 Å². The monoisotopic (exact) mass is 240 g/mol. The molecule has 2 heteroatoms. The van der Waals surface area contributed by atoms with Gasteiger partial charge in [-0.2, -0.15) is 0 Å². The van der Waals surface area contributed by atoms with Crippen LogP contribution in [0, 0.1) is 6.92 Å². The molecule has 2 rings (SSSR count). The van der Waals surface area contributed by atoms with Crippen LogP contribution in [-0.2, 0) is 0 Å². The van der Waals surface area contributed by atoms with Crippen molar-refractivity contribution in [1.29, 1.82) is 0 Å². The van der Waals surface area contributed by atoms with E-state index in [4.69, 9.17) is 0 Å². The molecule has 1 unspecified atom stereocenters. The Morgan fingerprint density at radius 1 is 1.11 bits per heavy atom. The summed E-state index contributed by atoms with van der Waals surface area (Å²) in [7, 11) is 0. The van der Waals surface area contributed by atoms with Crippen LogP contribution in [0.5, 0.6) is 0 Å². The molecule has 0 bridgehead atoms. The van der Waals surface area contributed by atoms with Crippen molar-refractivity contribution in [2.75, 3.05) is 6.54 Å². The third kappa shape index (κ3) is 3.17. The lowest BCUT2D eigenvalue weighted by Crippen LogP contribution is -2.23. The van der Waals surface area contributed by atoms with Crippen LogP contribution in [-0.4, -0.2) is 11.5 Å². The van der Waals surface area contributed by atoms with Gasteiger partial charge in [-0.3, -0.25) is 4.98 Å². The Morgan fingerprint density at radius 3 is 2.56 bits per heavy atom. The SMILES string of the molecule is CCCNC(c1ccccc1)c1ccnc(C)c1. The first-order chi connectivity index (χ1) is 8.81. The van der Waals surface area contributed by atoms with Crippen molar-refractivity contribution in [1.82, 2.24) is 10.3 Å². The minimum absolute atomic E-state index is 0.257. The molecule has 94 valence electrons. The van der Waals surface area contributed by atoms with E-state index in [-0.39, 0.29) is 6.04 Å². The van der Waals surface area contributed by atoms with Crippen LogP contribution in [0.15, 0.2) is 48.7 Å². The largest absolute Gasteiger partial charge is 0.306 e. The van der Waals surface area contributed by atoms with Crippen LogP contribution in [0.2, 0.25) is 0 Å². The van der Waals surface area contributed by atoms with Crippen LogP contribution in [0.1, 0.15) is 36.2 Å². The quantitative estimate of drug-likeness (QED) is 0.865. The molecule has 0 radical (unpaired) electrons. The maximum Gasteiger partial charge on any atom is 0.0577 e. The number of rotatable bonds is 5. The molecule has 2 aromatic rings. The fraction of sp³-hybridized carbons (Fsp3) is 0.312. The first-order valence-corrected chi connectivity index (χ1v) is 6.52. The maximum atomic E-state index is 4.27. The third-order valence-corrected chi connectivity index (χ3v) is 2.99. The van der Waals surface area contributed by atoms with Crippen molar-refractivity contribution in [3.63, 3.8) is 0 Å². The zero-order chi connectivity index (χ0) is 12.8. The standard InChI is InChI=1S/C16H20N2/c1-3-10-18-16(14-7-5-4-6-8-14)15-9-11-17-13(2)12-15/h4-9,11-12,16,18H,3,10H2,1-2H3. The maximum absolute atomic E-state index is 4.27. The molecular formula is C16H20N2. The summed E-state index contributed by atoms with van der Waals surface area (Å²) in [6.07, 6.45) is 3.02. The average Bonchev–Trinajstić information content (AvgIpc) is 2.40. The second-order valence-electron chi connectivity index (χ2n) is 4.53. The van der Waals surface area contributed by atoms with E-state index in [9.17, 15) is 0 Å².